The van der Waals surface area contributed by atoms with Gasteiger partial charge in [-0.05, 0) is 49.6 Å². The smallest absolute Gasteiger partial charge is 0.136 e. The molecule has 0 amide bonds. The van der Waals surface area contributed by atoms with Gasteiger partial charge in [-0.2, -0.15) is 0 Å². The van der Waals surface area contributed by atoms with Gasteiger partial charge in [0.15, 0.2) is 0 Å². The summed E-state index contributed by atoms with van der Waals surface area (Å²) in [5.74, 6) is 1.26. The maximum atomic E-state index is 13.6. The van der Waals surface area contributed by atoms with Crippen LogP contribution in [0.1, 0.15) is 32.6 Å². The minimum absolute atomic E-state index is 0.107. The highest BCUT2D eigenvalue weighted by Gasteiger charge is 2.41. The topological polar surface area (TPSA) is 32.3 Å². The van der Waals surface area contributed by atoms with Crippen molar-refractivity contribution in [1.29, 1.82) is 0 Å². The summed E-state index contributed by atoms with van der Waals surface area (Å²) in [5, 5.41) is 13.2. The van der Waals surface area contributed by atoms with E-state index in [4.69, 9.17) is 0 Å². The van der Waals surface area contributed by atoms with Gasteiger partial charge < -0.3 is 10.4 Å². The molecule has 2 nitrogen and oxygen atoms in total. The Bertz CT molecular complexity index is 429. The maximum absolute atomic E-state index is 13.6. The van der Waals surface area contributed by atoms with Crippen molar-refractivity contribution in [3.8, 4) is 0 Å². The molecule has 2 unspecified atom stereocenters. The summed E-state index contributed by atoms with van der Waals surface area (Å²) >= 11 is 1.58. The minimum Gasteiger partial charge on any atom is -0.394 e. The van der Waals surface area contributed by atoms with Crippen molar-refractivity contribution in [1.82, 2.24) is 5.32 Å². The number of likely N-dealkylation sites (N-methyl/N-ethyl adjacent to an activating group) is 1. The van der Waals surface area contributed by atoms with Crippen LogP contribution in [0.2, 0.25) is 0 Å². The highest BCUT2D eigenvalue weighted by atomic mass is 32.2. The van der Waals surface area contributed by atoms with Crippen molar-refractivity contribution < 1.29 is 9.50 Å². The molecule has 112 valence electrons. The van der Waals surface area contributed by atoms with Gasteiger partial charge in [-0.1, -0.05) is 25.5 Å². The lowest BCUT2D eigenvalue weighted by molar-refractivity contribution is 0.124. The number of hydrogen-bond donors (Lipinski definition) is 2. The number of aliphatic hydroxyl groups excluding tert-OH is 1. The van der Waals surface area contributed by atoms with Crippen LogP contribution in [-0.2, 0) is 0 Å². The van der Waals surface area contributed by atoms with Crippen LogP contribution >= 0.6 is 11.8 Å². The number of aliphatic hydroxyl groups is 1. The summed E-state index contributed by atoms with van der Waals surface area (Å²) in [5.41, 5.74) is -0.107. The second-order valence-corrected chi connectivity index (χ2v) is 6.64. The van der Waals surface area contributed by atoms with Crippen LogP contribution in [-0.4, -0.2) is 29.5 Å². The molecular weight excluding hydrogens is 273 g/mol. The van der Waals surface area contributed by atoms with Crippen LogP contribution < -0.4 is 5.32 Å². The van der Waals surface area contributed by atoms with Gasteiger partial charge in [0.05, 0.1) is 6.61 Å². The van der Waals surface area contributed by atoms with E-state index in [9.17, 15) is 9.50 Å². The monoisotopic (exact) mass is 297 g/mol. The SMILES string of the molecule is CCNC1(CO)CCCC1CCSc1ccccc1F. The van der Waals surface area contributed by atoms with Gasteiger partial charge in [-0.3, -0.25) is 0 Å². The van der Waals surface area contributed by atoms with E-state index in [-0.39, 0.29) is 18.0 Å². The third-order valence-electron chi connectivity index (χ3n) is 4.33. The molecule has 1 aromatic rings. The Morgan fingerprint density at radius 3 is 2.95 bits per heavy atom. The quantitative estimate of drug-likeness (QED) is 0.756. The van der Waals surface area contributed by atoms with Crippen molar-refractivity contribution in [2.45, 2.75) is 43.0 Å². The van der Waals surface area contributed by atoms with Gasteiger partial charge in [0.25, 0.3) is 0 Å². The van der Waals surface area contributed by atoms with E-state index in [1.54, 1.807) is 17.8 Å². The van der Waals surface area contributed by atoms with E-state index in [2.05, 4.69) is 12.2 Å². The summed E-state index contributed by atoms with van der Waals surface area (Å²) < 4.78 is 13.6. The number of nitrogens with one attached hydrogen (secondary N) is 1. The average Bonchev–Trinajstić information content (AvgIpc) is 2.85. The molecule has 1 aliphatic carbocycles. The summed E-state index contributed by atoms with van der Waals surface area (Å²) in [6.07, 6.45) is 4.40. The molecule has 0 saturated heterocycles. The Hall–Kier alpha value is -0.580. The summed E-state index contributed by atoms with van der Waals surface area (Å²) in [7, 11) is 0. The van der Waals surface area contributed by atoms with E-state index in [0.29, 0.717) is 5.92 Å². The molecule has 0 bridgehead atoms. The van der Waals surface area contributed by atoms with E-state index in [0.717, 1.165) is 36.5 Å². The first-order valence-corrected chi connectivity index (χ1v) is 8.43. The van der Waals surface area contributed by atoms with Crippen molar-refractivity contribution in [2.75, 3.05) is 18.9 Å². The lowest BCUT2D eigenvalue weighted by Crippen LogP contribution is -2.51. The highest BCUT2D eigenvalue weighted by Crippen LogP contribution is 2.39. The zero-order valence-electron chi connectivity index (χ0n) is 12.1. The Morgan fingerprint density at radius 2 is 2.25 bits per heavy atom. The standard InChI is InChI=1S/C16H24FNOS/c1-2-18-16(12-19)10-5-6-13(16)9-11-20-15-8-4-3-7-14(15)17/h3-4,7-8,13,18-19H,2,5-6,9-12H2,1H3. The predicted octanol–water partition coefficient (Wildman–Crippen LogP) is 3.45. The molecule has 2 rings (SSSR count). The molecule has 0 aliphatic heterocycles. The fourth-order valence-electron chi connectivity index (χ4n) is 3.29. The summed E-state index contributed by atoms with van der Waals surface area (Å²) in [4.78, 5) is 0.726. The molecule has 0 radical (unpaired) electrons. The molecular formula is C16H24FNOS. The van der Waals surface area contributed by atoms with Crippen LogP contribution in [0.4, 0.5) is 4.39 Å². The molecule has 0 spiro atoms. The van der Waals surface area contributed by atoms with Crippen LogP contribution in [0.5, 0.6) is 0 Å². The molecule has 1 aliphatic rings. The third kappa shape index (κ3) is 3.54. The number of halogens is 1. The predicted molar refractivity (Wildman–Crippen MR) is 82.6 cm³/mol. The average molecular weight is 297 g/mol. The second-order valence-electron chi connectivity index (χ2n) is 5.50. The van der Waals surface area contributed by atoms with Crippen LogP contribution in [0.3, 0.4) is 0 Å². The van der Waals surface area contributed by atoms with Gasteiger partial charge in [-0.25, -0.2) is 4.39 Å². The minimum atomic E-state index is -0.135. The van der Waals surface area contributed by atoms with E-state index < -0.39 is 0 Å². The van der Waals surface area contributed by atoms with E-state index >= 15 is 0 Å². The van der Waals surface area contributed by atoms with Gasteiger partial charge in [0, 0.05) is 10.4 Å². The summed E-state index contributed by atoms with van der Waals surface area (Å²) in [6.45, 7) is 3.17. The van der Waals surface area contributed by atoms with Crippen LogP contribution in [0, 0.1) is 11.7 Å². The van der Waals surface area contributed by atoms with Crippen molar-refractivity contribution in [3.63, 3.8) is 0 Å². The molecule has 2 atom stereocenters. The fraction of sp³-hybridized carbons (Fsp3) is 0.625. The van der Waals surface area contributed by atoms with Crippen LogP contribution in [0.25, 0.3) is 0 Å². The normalized spacial score (nSPS) is 26.1. The number of hydrogen-bond acceptors (Lipinski definition) is 3. The Morgan fingerprint density at radius 1 is 1.45 bits per heavy atom. The van der Waals surface area contributed by atoms with Crippen LogP contribution in [0.15, 0.2) is 29.2 Å². The third-order valence-corrected chi connectivity index (χ3v) is 5.41. The van der Waals surface area contributed by atoms with E-state index in [1.165, 1.54) is 12.5 Å². The highest BCUT2D eigenvalue weighted by molar-refractivity contribution is 7.99. The first-order valence-electron chi connectivity index (χ1n) is 7.45. The molecule has 4 heteroatoms. The Kier molecular flexibility index (Phi) is 5.87. The lowest BCUT2D eigenvalue weighted by Gasteiger charge is -2.35. The van der Waals surface area contributed by atoms with Gasteiger partial charge in [0.2, 0.25) is 0 Å². The molecule has 1 saturated carbocycles. The van der Waals surface area contributed by atoms with Crippen molar-refractivity contribution in [3.05, 3.63) is 30.1 Å². The Labute approximate surface area is 125 Å². The fourth-order valence-corrected chi connectivity index (χ4v) is 4.29. The molecule has 0 heterocycles. The molecule has 1 aromatic carbocycles. The van der Waals surface area contributed by atoms with E-state index in [1.807, 2.05) is 12.1 Å². The van der Waals surface area contributed by atoms with Gasteiger partial charge >= 0.3 is 0 Å². The molecule has 0 aromatic heterocycles. The summed E-state index contributed by atoms with van der Waals surface area (Å²) in [6, 6.07) is 6.93. The number of rotatable bonds is 7. The largest absolute Gasteiger partial charge is 0.394 e. The zero-order chi connectivity index (χ0) is 14.4. The Balaban J connectivity index is 1.88. The zero-order valence-corrected chi connectivity index (χ0v) is 12.9. The van der Waals surface area contributed by atoms with Crippen molar-refractivity contribution in [2.24, 2.45) is 5.92 Å². The lowest BCUT2D eigenvalue weighted by atomic mass is 9.86. The van der Waals surface area contributed by atoms with Gasteiger partial charge in [-0.15, -0.1) is 11.8 Å². The van der Waals surface area contributed by atoms with Gasteiger partial charge in [0.1, 0.15) is 5.82 Å². The molecule has 1 fully saturated rings. The number of thioether (sulfide) groups is 1. The second kappa shape index (κ2) is 7.43. The molecule has 2 N–H and O–H groups in total. The molecule has 20 heavy (non-hydrogen) atoms. The van der Waals surface area contributed by atoms with Crippen molar-refractivity contribution >= 4 is 11.8 Å². The number of benzene rings is 1. The maximum Gasteiger partial charge on any atom is 0.136 e. The first-order chi connectivity index (χ1) is 9.72. The first kappa shape index (κ1) is 15.8.